The van der Waals surface area contributed by atoms with Crippen molar-refractivity contribution >= 4 is 33.3 Å². The van der Waals surface area contributed by atoms with E-state index < -0.39 is 18.2 Å². The van der Waals surface area contributed by atoms with E-state index in [-0.39, 0.29) is 5.69 Å². The molecule has 0 fully saturated rings. The van der Waals surface area contributed by atoms with E-state index in [9.17, 15) is 18.4 Å². The second kappa shape index (κ2) is 6.21. The minimum absolute atomic E-state index is 0.232. The lowest BCUT2D eigenvalue weighted by Gasteiger charge is -2.09. The Bertz CT molecular complexity index is 700. The number of carbonyl (C=O) groups is 2. The molecule has 2 N–H and O–H groups in total. The Morgan fingerprint density at radius 3 is 2.67 bits per heavy atom. The van der Waals surface area contributed by atoms with Crippen LogP contribution >= 0.6 is 15.9 Å². The summed E-state index contributed by atoms with van der Waals surface area (Å²) in [5.74, 6) is -2.23. The summed E-state index contributed by atoms with van der Waals surface area (Å²) in [6.45, 7) is 1.98. The van der Waals surface area contributed by atoms with Gasteiger partial charge in [0, 0.05) is 16.2 Å². The van der Waals surface area contributed by atoms with Crippen LogP contribution in [0.1, 0.15) is 23.0 Å². The first-order chi connectivity index (χ1) is 9.93. The molecular formula is C13H12BrF2N3O2. The van der Waals surface area contributed by atoms with Crippen LogP contribution in [0.5, 0.6) is 0 Å². The molecule has 2 heterocycles. The van der Waals surface area contributed by atoms with Gasteiger partial charge >= 0.3 is 12.3 Å². The first-order valence-corrected chi connectivity index (χ1v) is 6.91. The molecule has 0 bridgehead atoms. The zero-order valence-corrected chi connectivity index (χ0v) is 12.6. The molecular weight excluding hydrogens is 348 g/mol. The number of halogens is 3. The normalized spacial score (nSPS) is 10.9. The highest BCUT2D eigenvalue weighted by atomic mass is 79.9. The van der Waals surface area contributed by atoms with Crippen molar-refractivity contribution < 1.29 is 18.4 Å². The number of nitrogens with one attached hydrogen (secondary N) is 2. The predicted molar refractivity (Wildman–Crippen MR) is 76.1 cm³/mol. The van der Waals surface area contributed by atoms with Gasteiger partial charge in [-0.15, -0.1) is 0 Å². The fraction of sp³-hybridized carbons (Fsp3) is 0.231. The first kappa shape index (κ1) is 15.4. The summed E-state index contributed by atoms with van der Waals surface area (Å²) >= 11 is 3.35. The number of hydrogen-bond acceptors (Lipinski definition) is 2. The maximum atomic E-state index is 12.1. The van der Waals surface area contributed by atoms with Crippen LogP contribution in [0.2, 0.25) is 0 Å². The molecule has 0 saturated carbocycles. The van der Waals surface area contributed by atoms with E-state index in [2.05, 4.69) is 15.9 Å². The van der Waals surface area contributed by atoms with Crippen LogP contribution in [0.4, 0.5) is 8.78 Å². The van der Waals surface area contributed by atoms with Crippen molar-refractivity contribution in [2.75, 3.05) is 0 Å². The molecule has 2 aromatic rings. The highest BCUT2D eigenvalue weighted by molar-refractivity contribution is 9.10. The number of pyridine rings is 1. The van der Waals surface area contributed by atoms with Crippen molar-refractivity contribution in [3.8, 4) is 0 Å². The van der Waals surface area contributed by atoms with E-state index in [0.29, 0.717) is 0 Å². The second-order valence-electron chi connectivity index (χ2n) is 4.26. The molecule has 8 heteroatoms. The number of fused-ring (bicyclic) bond motifs is 1. The summed E-state index contributed by atoms with van der Waals surface area (Å²) in [5, 5.41) is 0. The summed E-state index contributed by atoms with van der Waals surface area (Å²) in [6, 6.07) is 5.26. The third-order valence-corrected chi connectivity index (χ3v) is 3.36. The smallest absolute Gasteiger partial charge is 0.311 e. The van der Waals surface area contributed by atoms with Gasteiger partial charge in [0.05, 0.1) is 0 Å². The van der Waals surface area contributed by atoms with Crippen LogP contribution in [0.15, 0.2) is 28.9 Å². The highest BCUT2D eigenvalue weighted by Gasteiger charge is 2.18. The number of aryl methyl sites for hydroxylation is 1. The summed E-state index contributed by atoms with van der Waals surface area (Å²) in [4.78, 5) is 22.7. The van der Waals surface area contributed by atoms with Crippen LogP contribution < -0.4 is 10.9 Å². The average molecular weight is 360 g/mol. The number of nitrogens with zero attached hydrogens (tertiary/aromatic N) is 1. The largest absolute Gasteiger partial charge is 0.317 e. The molecule has 2 rings (SSSR count). The molecule has 2 amide bonds. The molecule has 0 aromatic carbocycles. The van der Waals surface area contributed by atoms with Crippen molar-refractivity contribution in [2.45, 2.75) is 19.8 Å². The summed E-state index contributed by atoms with van der Waals surface area (Å²) < 4.78 is 26.5. The van der Waals surface area contributed by atoms with Crippen molar-refractivity contribution in [3.63, 3.8) is 0 Å². The van der Waals surface area contributed by atoms with Crippen LogP contribution in [0, 0.1) is 0 Å². The van der Waals surface area contributed by atoms with Crippen molar-refractivity contribution in [1.29, 1.82) is 0 Å². The van der Waals surface area contributed by atoms with Gasteiger partial charge in [0.2, 0.25) is 0 Å². The van der Waals surface area contributed by atoms with Gasteiger partial charge in [0.1, 0.15) is 5.69 Å². The van der Waals surface area contributed by atoms with Crippen molar-refractivity contribution in [1.82, 2.24) is 15.3 Å². The molecule has 0 aliphatic carbocycles. The minimum Gasteiger partial charge on any atom is -0.311 e. The van der Waals surface area contributed by atoms with Gasteiger partial charge < -0.3 is 4.40 Å². The molecule has 0 unspecified atom stereocenters. The Balaban J connectivity index is 2.28. The third kappa shape index (κ3) is 3.21. The van der Waals surface area contributed by atoms with Gasteiger partial charge in [0.15, 0.2) is 0 Å². The molecule has 0 aliphatic rings. The molecule has 2 aromatic heterocycles. The van der Waals surface area contributed by atoms with Crippen LogP contribution in [0.25, 0.3) is 5.52 Å². The Labute approximate surface area is 127 Å². The number of carbonyl (C=O) groups excluding carboxylic acids is 2. The van der Waals surface area contributed by atoms with E-state index in [1.165, 1.54) is 0 Å². The van der Waals surface area contributed by atoms with E-state index >= 15 is 0 Å². The monoisotopic (exact) mass is 359 g/mol. The molecule has 21 heavy (non-hydrogen) atoms. The Morgan fingerprint density at radius 2 is 2.05 bits per heavy atom. The Morgan fingerprint density at radius 1 is 1.33 bits per heavy atom. The molecule has 0 radical (unpaired) electrons. The number of aromatic nitrogens is 1. The molecule has 0 atom stereocenters. The van der Waals surface area contributed by atoms with Crippen LogP contribution in [-0.2, 0) is 11.2 Å². The summed E-state index contributed by atoms with van der Waals surface area (Å²) in [7, 11) is 0. The number of alkyl halides is 2. The fourth-order valence-corrected chi connectivity index (χ4v) is 2.44. The van der Waals surface area contributed by atoms with Crippen LogP contribution in [0.3, 0.4) is 0 Å². The molecule has 112 valence electrons. The van der Waals surface area contributed by atoms with E-state index in [1.54, 1.807) is 28.2 Å². The van der Waals surface area contributed by atoms with Gasteiger partial charge in [-0.2, -0.15) is 8.78 Å². The standard InChI is InChI=1S/C13H12BrF2N3O2/c1-2-7-5-8(14)6-19-9(7)3-4-10(19)12(20)17-18-13(21)11(15)16/h3-6,11H,2H2,1H3,(H,17,20)(H,18,21). The summed E-state index contributed by atoms with van der Waals surface area (Å²) in [5.41, 5.74) is 5.72. The summed E-state index contributed by atoms with van der Waals surface area (Å²) in [6.07, 6.45) is -0.718. The number of amides is 2. The van der Waals surface area contributed by atoms with Crippen molar-refractivity contribution in [3.05, 3.63) is 40.1 Å². The quantitative estimate of drug-likeness (QED) is 0.826. The third-order valence-electron chi connectivity index (χ3n) is 2.92. The molecule has 0 spiro atoms. The van der Waals surface area contributed by atoms with E-state index in [1.807, 2.05) is 18.4 Å². The average Bonchev–Trinajstić information content (AvgIpc) is 2.86. The number of rotatable bonds is 3. The highest BCUT2D eigenvalue weighted by Crippen LogP contribution is 2.21. The van der Waals surface area contributed by atoms with E-state index in [4.69, 9.17) is 0 Å². The van der Waals surface area contributed by atoms with Gasteiger partial charge in [0.25, 0.3) is 5.91 Å². The molecule has 0 aliphatic heterocycles. The Kier molecular flexibility index (Phi) is 4.56. The van der Waals surface area contributed by atoms with Crippen molar-refractivity contribution in [2.24, 2.45) is 0 Å². The maximum absolute atomic E-state index is 12.1. The zero-order valence-electron chi connectivity index (χ0n) is 11.0. The SMILES string of the molecule is CCc1cc(Br)cn2c(C(=O)NNC(=O)C(F)F)ccc12. The Hall–Kier alpha value is -1.96. The van der Waals surface area contributed by atoms with E-state index in [0.717, 1.165) is 22.0 Å². The number of hydrogen-bond donors (Lipinski definition) is 2. The van der Waals surface area contributed by atoms with Gasteiger partial charge in [-0.25, -0.2) is 0 Å². The lowest BCUT2D eigenvalue weighted by Crippen LogP contribution is -2.44. The van der Waals surface area contributed by atoms with Gasteiger partial charge in [-0.1, -0.05) is 6.92 Å². The fourth-order valence-electron chi connectivity index (χ4n) is 1.96. The number of hydrazine groups is 1. The van der Waals surface area contributed by atoms with Gasteiger partial charge in [-0.05, 0) is 46.1 Å². The second-order valence-corrected chi connectivity index (χ2v) is 5.17. The molecule has 5 nitrogen and oxygen atoms in total. The lowest BCUT2D eigenvalue weighted by molar-refractivity contribution is -0.132. The van der Waals surface area contributed by atoms with Gasteiger partial charge in [-0.3, -0.25) is 20.4 Å². The predicted octanol–water partition coefficient (Wildman–Crippen LogP) is 2.29. The minimum atomic E-state index is -3.19. The first-order valence-electron chi connectivity index (χ1n) is 6.12. The van der Waals surface area contributed by atoms with Crippen LogP contribution in [-0.4, -0.2) is 22.6 Å². The lowest BCUT2D eigenvalue weighted by atomic mass is 10.2. The zero-order chi connectivity index (χ0) is 15.6. The maximum Gasteiger partial charge on any atom is 0.317 e. The molecule has 0 saturated heterocycles. The topological polar surface area (TPSA) is 62.6 Å².